The number of hydrogen-bond donors (Lipinski definition) is 3. The van der Waals surface area contributed by atoms with Gasteiger partial charge in [-0.25, -0.2) is 10.8 Å². The highest BCUT2D eigenvalue weighted by molar-refractivity contribution is 5.59. The topological polar surface area (TPSA) is 106 Å². The Balaban J connectivity index is 2.06. The lowest BCUT2D eigenvalue weighted by Gasteiger charge is -2.07. The minimum atomic E-state index is -0.452. The highest BCUT2D eigenvalue weighted by Gasteiger charge is 2.21. The van der Waals surface area contributed by atoms with Crippen LogP contribution >= 0.6 is 0 Å². The van der Waals surface area contributed by atoms with E-state index in [9.17, 15) is 10.1 Å². The second-order valence-corrected chi connectivity index (χ2v) is 4.12. The Kier molecular flexibility index (Phi) is 3.38. The van der Waals surface area contributed by atoms with Gasteiger partial charge in [-0.15, -0.1) is 0 Å². The molecule has 1 heterocycles. The third-order valence-corrected chi connectivity index (χ3v) is 2.76. The minimum absolute atomic E-state index is 0.0280. The summed E-state index contributed by atoms with van der Waals surface area (Å²) in [6.45, 7) is 0.701. The van der Waals surface area contributed by atoms with Crippen LogP contribution in [0.5, 0.6) is 0 Å². The molecule has 1 aromatic heterocycles. The number of nitrogens with two attached hydrogens (primary N) is 1. The smallest absolute Gasteiger partial charge is 0.311 e. The van der Waals surface area contributed by atoms with E-state index in [4.69, 9.17) is 5.84 Å². The third-order valence-electron chi connectivity index (χ3n) is 2.76. The molecular weight excluding hydrogens is 222 g/mol. The summed E-state index contributed by atoms with van der Waals surface area (Å²) in [6, 6.07) is 2.87. The molecule has 0 amide bonds. The van der Waals surface area contributed by atoms with E-state index in [1.165, 1.54) is 25.0 Å². The number of rotatable bonds is 6. The van der Waals surface area contributed by atoms with Gasteiger partial charge < -0.3 is 10.7 Å². The van der Waals surface area contributed by atoms with Crippen molar-refractivity contribution in [2.45, 2.75) is 19.3 Å². The van der Waals surface area contributed by atoms with Gasteiger partial charge >= 0.3 is 5.69 Å². The largest absolute Gasteiger partial charge is 0.364 e. The first-order valence-corrected chi connectivity index (χ1v) is 5.56. The molecule has 0 aromatic carbocycles. The minimum Gasteiger partial charge on any atom is -0.364 e. The molecule has 17 heavy (non-hydrogen) atoms. The second-order valence-electron chi connectivity index (χ2n) is 4.12. The Morgan fingerprint density at radius 1 is 1.53 bits per heavy atom. The molecule has 1 aliphatic rings. The van der Waals surface area contributed by atoms with Gasteiger partial charge in [-0.05, 0) is 18.4 Å². The molecule has 7 heteroatoms. The Labute approximate surface area is 98.5 Å². The van der Waals surface area contributed by atoms with Crippen molar-refractivity contribution in [1.29, 1.82) is 0 Å². The first-order valence-electron chi connectivity index (χ1n) is 5.56. The molecular formula is C10H15N5O2. The number of nitrogen functional groups attached to an aromatic ring is 1. The molecule has 1 saturated carbocycles. The van der Waals surface area contributed by atoms with E-state index in [-0.39, 0.29) is 11.5 Å². The number of hydrogen-bond acceptors (Lipinski definition) is 6. The van der Waals surface area contributed by atoms with Crippen LogP contribution in [-0.2, 0) is 0 Å². The van der Waals surface area contributed by atoms with Crippen LogP contribution in [0.25, 0.3) is 0 Å². The van der Waals surface area contributed by atoms with Crippen LogP contribution in [0.3, 0.4) is 0 Å². The summed E-state index contributed by atoms with van der Waals surface area (Å²) >= 11 is 0. The molecule has 2 rings (SSSR count). The SMILES string of the molecule is NNc1ccc([N+](=O)[O-])c(NCCC2CC2)n1. The number of anilines is 2. The summed E-state index contributed by atoms with van der Waals surface area (Å²) in [4.78, 5) is 14.4. The maximum atomic E-state index is 10.8. The Morgan fingerprint density at radius 2 is 2.29 bits per heavy atom. The Bertz CT molecular complexity index is 419. The van der Waals surface area contributed by atoms with Crippen LogP contribution in [0.15, 0.2) is 12.1 Å². The standard InChI is InChI=1S/C10H15N5O2/c11-14-9-4-3-8(15(16)17)10(13-9)12-6-5-7-1-2-7/h3-4,7H,1-2,5-6,11H2,(H2,12,13,14). The van der Waals surface area contributed by atoms with Gasteiger partial charge in [0.1, 0.15) is 5.82 Å². The average molecular weight is 237 g/mol. The number of aromatic nitrogens is 1. The molecule has 92 valence electrons. The van der Waals surface area contributed by atoms with Gasteiger partial charge in [-0.2, -0.15) is 0 Å². The number of pyridine rings is 1. The molecule has 0 saturated heterocycles. The van der Waals surface area contributed by atoms with Gasteiger partial charge in [0.05, 0.1) is 4.92 Å². The van der Waals surface area contributed by atoms with Crippen LogP contribution in [-0.4, -0.2) is 16.5 Å². The Hall–Kier alpha value is -1.89. The van der Waals surface area contributed by atoms with Gasteiger partial charge in [-0.1, -0.05) is 12.8 Å². The number of hydrazine groups is 1. The van der Waals surface area contributed by atoms with Crippen LogP contribution in [0.2, 0.25) is 0 Å². The molecule has 4 N–H and O–H groups in total. The molecule has 1 aliphatic carbocycles. The molecule has 0 radical (unpaired) electrons. The van der Waals surface area contributed by atoms with Gasteiger partial charge in [0, 0.05) is 12.6 Å². The zero-order valence-electron chi connectivity index (χ0n) is 9.35. The number of nitrogens with one attached hydrogen (secondary N) is 2. The van der Waals surface area contributed by atoms with Crippen LogP contribution in [0.1, 0.15) is 19.3 Å². The maximum Gasteiger partial charge on any atom is 0.311 e. The third kappa shape index (κ3) is 3.04. The van der Waals surface area contributed by atoms with Gasteiger partial charge in [-0.3, -0.25) is 10.1 Å². The van der Waals surface area contributed by atoms with Crippen molar-refractivity contribution >= 4 is 17.3 Å². The summed E-state index contributed by atoms with van der Waals surface area (Å²) < 4.78 is 0. The van der Waals surface area contributed by atoms with Crippen molar-refractivity contribution in [1.82, 2.24) is 4.98 Å². The zero-order chi connectivity index (χ0) is 12.3. The highest BCUT2D eigenvalue weighted by atomic mass is 16.6. The molecule has 0 atom stereocenters. The van der Waals surface area contributed by atoms with E-state index in [1.54, 1.807) is 0 Å². The van der Waals surface area contributed by atoms with E-state index >= 15 is 0 Å². The molecule has 7 nitrogen and oxygen atoms in total. The zero-order valence-corrected chi connectivity index (χ0v) is 9.35. The summed E-state index contributed by atoms with van der Waals surface area (Å²) in [5.74, 6) is 6.67. The summed E-state index contributed by atoms with van der Waals surface area (Å²) in [6.07, 6.45) is 3.56. The quantitative estimate of drug-likeness (QED) is 0.393. The fraction of sp³-hybridized carbons (Fsp3) is 0.500. The number of nitrogens with zero attached hydrogens (tertiary/aromatic N) is 2. The van der Waals surface area contributed by atoms with E-state index in [0.29, 0.717) is 12.4 Å². The first kappa shape index (κ1) is 11.6. The van der Waals surface area contributed by atoms with Crippen molar-refractivity contribution in [3.63, 3.8) is 0 Å². The van der Waals surface area contributed by atoms with Crippen molar-refractivity contribution in [3.8, 4) is 0 Å². The lowest BCUT2D eigenvalue weighted by Crippen LogP contribution is -2.12. The van der Waals surface area contributed by atoms with Crippen LogP contribution in [0.4, 0.5) is 17.3 Å². The average Bonchev–Trinajstić information content (AvgIpc) is 3.12. The van der Waals surface area contributed by atoms with Crippen LogP contribution < -0.4 is 16.6 Å². The van der Waals surface area contributed by atoms with Gasteiger partial charge in [0.15, 0.2) is 0 Å². The van der Waals surface area contributed by atoms with Gasteiger partial charge in [0.2, 0.25) is 5.82 Å². The fourth-order valence-electron chi connectivity index (χ4n) is 1.61. The second kappa shape index (κ2) is 4.96. The predicted molar refractivity (Wildman–Crippen MR) is 64.5 cm³/mol. The molecule has 0 unspecified atom stereocenters. The molecule has 0 bridgehead atoms. The monoisotopic (exact) mass is 237 g/mol. The summed E-state index contributed by atoms with van der Waals surface area (Å²) in [5, 5.41) is 13.8. The lowest BCUT2D eigenvalue weighted by molar-refractivity contribution is -0.384. The summed E-state index contributed by atoms with van der Waals surface area (Å²) in [7, 11) is 0. The van der Waals surface area contributed by atoms with E-state index in [2.05, 4.69) is 15.7 Å². The molecule has 1 fully saturated rings. The maximum absolute atomic E-state index is 10.8. The molecule has 0 aliphatic heterocycles. The normalized spacial score (nSPS) is 14.4. The van der Waals surface area contributed by atoms with Crippen molar-refractivity contribution in [2.24, 2.45) is 11.8 Å². The van der Waals surface area contributed by atoms with Crippen molar-refractivity contribution in [2.75, 3.05) is 17.3 Å². The van der Waals surface area contributed by atoms with Crippen molar-refractivity contribution < 1.29 is 4.92 Å². The first-order chi connectivity index (χ1) is 8.20. The van der Waals surface area contributed by atoms with E-state index in [1.807, 2.05) is 0 Å². The van der Waals surface area contributed by atoms with Crippen LogP contribution in [0, 0.1) is 16.0 Å². The van der Waals surface area contributed by atoms with E-state index < -0.39 is 4.92 Å². The predicted octanol–water partition coefficient (Wildman–Crippen LogP) is 1.49. The number of nitro groups is 1. The lowest BCUT2D eigenvalue weighted by atomic mass is 10.3. The van der Waals surface area contributed by atoms with Crippen molar-refractivity contribution in [3.05, 3.63) is 22.2 Å². The highest BCUT2D eigenvalue weighted by Crippen LogP contribution is 2.32. The fourth-order valence-corrected chi connectivity index (χ4v) is 1.61. The summed E-state index contributed by atoms with van der Waals surface area (Å²) in [5.41, 5.74) is 2.34. The molecule has 0 spiro atoms. The Morgan fingerprint density at radius 3 is 2.88 bits per heavy atom. The van der Waals surface area contributed by atoms with E-state index in [0.717, 1.165) is 12.3 Å². The van der Waals surface area contributed by atoms with Gasteiger partial charge in [0.25, 0.3) is 0 Å². The molecule has 1 aromatic rings.